The summed E-state index contributed by atoms with van der Waals surface area (Å²) in [6.07, 6.45) is 3.92. The SMILES string of the molecule is CNCCC(c1ccc(OC)c(OC)c1)C1CC1.Cl. The van der Waals surface area contributed by atoms with Crippen LogP contribution < -0.4 is 14.8 Å². The van der Waals surface area contributed by atoms with Gasteiger partial charge >= 0.3 is 0 Å². The Morgan fingerprint density at radius 3 is 2.42 bits per heavy atom. The van der Waals surface area contributed by atoms with Gasteiger partial charge in [0, 0.05) is 0 Å². The lowest BCUT2D eigenvalue weighted by molar-refractivity contribution is 0.354. The van der Waals surface area contributed by atoms with Crippen molar-refractivity contribution in [1.82, 2.24) is 5.32 Å². The highest BCUT2D eigenvalue weighted by Crippen LogP contribution is 2.45. The third-order valence-electron chi connectivity index (χ3n) is 3.73. The van der Waals surface area contributed by atoms with Gasteiger partial charge in [0.25, 0.3) is 0 Å². The van der Waals surface area contributed by atoms with E-state index in [0.29, 0.717) is 5.92 Å². The molecule has 1 atom stereocenters. The number of methoxy groups -OCH3 is 2. The lowest BCUT2D eigenvalue weighted by Crippen LogP contribution is -2.13. The maximum Gasteiger partial charge on any atom is 0.160 e. The Morgan fingerprint density at radius 2 is 1.89 bits per heavy atom. The van der Waals surface area contributed by atoms with Gasteiger partial charge in [-0.3, -0.25) is 0 Å². The molecular weight excluding hydrogens is 262 g/mol. The van der Waals surface area contributed by atoms with E-state index in [1.54, 1.807) is 14.2 Å². The van der Waals surface area contributed by atoms with E-state index < -0.39 is 0 Å². The molecule has 1 aromatic carbocycles. The molecule has 0 bridgehead atoms. The van der Waals surface area contributed by atoms with E-state index in [1.807, 2.05) is 13.1 Å². The van der Waals surface area contributed by atoms with Gasteiger partial charge < -0.3 is 14.8 Å². The molecule has 3 nitrogen and oxygen atoms in total. The highest BCUT2D eigenvalue weighted by Gasteiger charge is 2.32. The van der Waals surface area contributed by atoms with Crippen molar-refractivity contribution in [2.24, 2.45) is 5.92 Å². The van der Waals surface area contributed by atoms with Crippen molar-refractivity contribution in [3.63, 3.8) is 0 Å². The molecule has 0 radical (unpaired) electrons. The fourth-order valence-electron chi connectivity index (χ4n) is 2.56. The average molecular weight is 286 g/mol. The Balaban J connectivity index is 0.00000180. The summed E-state index contributed by atoms with van der Waals surface area (Å²) in [6, 6.07) is 6.33. The van der Waals surface area contributed by atoms with Crippen LogP contribution in [0.15, 0.2) is 18.2 Å². The van der Waals surface area contributed by atoms with Gasteiger partial charge in [-0.25, -0.2) is 0 Å². The van der Waals surface area contributed by atoms with E-state index in [4.69, 9.17) is 9.47 Å². The summed E-state index contributed by atoms with van der Waals surface area (Å²) >= 11 is 0. The molecule has 1 saturated carbocycles. The standard InChI is InChI=1S/C15H23NO2.ClH/c1-16-9-8-13(11-4-5-11)12-6-7-14(17-2)15(10-12)18-3;/h6-7,10-11,13,16H,4-5,8-9H2,1-3H3;1H. The van der Waals surface area contributed by atoms with Crippen LogP contribution in [0.3, 0.4) is 0 Å². The minimum Gasteiger partial charge on any atom is -0.493 e. The van der Waals surface area contributed by atoms with Crippen molar-refractivity contribution < 1.29 is 9.47 Å². The van der Waals surface area contributed by atoms with Gasteiger partial charge in [0.1, 0.15) is 0 Å². The zero-order chi connectivity index (χ0) is 13.0. The number of nitrogens with one attached hydrogen (secondary N) is 1. The van der Waals surface area contributed by atoms with Crippen LogP contribution in [-0.4, -0.2) is 27.8 Å². The molecule has 4 heteroatoms. The molecule has 1 fully saturated rings. The first kappa shape index (κ1) is 16.1. The summed E-state index contributed by atoms with van der Waals surface area (Å²) in [5, 5.41) is 3.25. The highest BCUT2D eigenvalue weighted by atomic mass is 35.5. The summed E-state index contributed by atoms with van der Waals surface area (Å²) in [4.78, 5) is 0. The summed E-state index contributed by atoms with van der Waals surface area (Å²) in [5.74, 6) is 3.16. The second-order valence-electron chi connectivity index (χ2n) is 4.95. The van der Waals surface area contributed by atoms with Crippen molar-refractivity contribution in [2.45, 2.75) is 25.2 Å². The van der Waals surface area contributed by atoms with Crippen LogP contribution in [0.5, 0.6) is 11.5 Å². The van der Waals surface area contributed by atoms with Crippen LogP contribution >= 0.6 is 12.4 Å². The van der Waals surface area contributed by atoms with Crippen molar-refractivity contribution in [3.8, 4) is 11.5 Å². The second-order valence-corrected chi connectivity index (χ2v) is 4.95. The molecule has 0 heterocycles. The van der Waals surface area contributed by atoms with Gasteiger partial charge in [-0.2, -0.15) is 0 Å². The van der Waals surface area contributed by atoms with E-state index in [1.165, 1.54) is 24.8 Å². The molecule has 1 aliphatic carbocycles. The molecule has 0 aromatic heterocycles. The van der Waals surface area contributed by atoms with Gasteiger partial charge in [0.05, 0.1) is 14.2 Å². The van der Waals surface area contributed by atoms with Crippen molar-refractivity contribution in [3.05, 3.63) is 23.8 Å². The van der Waals surface area contributed by atoms with Gasteiger partial charge in [-0.1, -0.05) is 6.07 Å². The fraction of sp³-hybridized carbons (Fsp3) is 0.600. The molecule has 19 heavy (non-hydrogen) atoms. The number of ether oxygens (including phenoxy) is 2. The average Bonchev–Trinajstić information content (AvgIpc) is 3.23. The Labute approximate surface area is 122 Å². The predicted octanol–water partition coefficient (Wildman–Crippen LogP) is 3.23. The number of benzene rings is 1. The van der Waals surface area contributed by atoms with Gasteiger partial charge in [-0.15, -0.1) is 12.4 Å². The number of hydrogen-bond donors (Lipinski definition) is 1. The Kier molecular flexibility index (Phi) is 6.46. The van der Waals surface area contributed by atoms with Crippen molar-refractivity contribution >= 4 is 12.4 Å². The van der Waals surface area contributed by atoms with Gasteiger partial charge in [0.2, 0.25) is 0 Å². The van der Waals surface area contributed by atoms with Crippen LogP contribution in [-0.2, 0) is 0 Å². The number of rotatable bonds is 7. The minimum absolute atomic E-state index is 0. The van der Waals surface area contributed by atoms with Crippen molar-refractivity contribution in [1.29, 1.82) is 0 Å². The second kappa shape index (κ2) is 7.61. The van der Waals surface area contributed by atoms with Crippen LogP contribution in [0.25, 0.3) is 0 Å². The van der Waals surface area contributed by atoms with Crippen molar-refractivity contribution in [2.75, 3.05) is 27.8 Å². The zero-order valence-electron chi connectivity index (χ0n) is 11.9. The maximum absolute atomic E-state index is 5.39. The molecule has 108 valence electrons. The third kappa shape index (κ3) is 4.02. The van der Waals surface area contributed by atoms with Crippen LogP contribution in [0.4, 0.5) is 0 Å². The molecule has 1 aromatic rings. The summed E-state index contributed by atoms with van der Waals surface area (Å²) < 4.78 is 10.7. The van der Waals surface area contributed by atoms with Gasteiger partial charge in [-0.05, 0) is 62.4 Å². The Hall–Kier alpha value is -0.930. The predicted molar refractivity (Wildman–Crippen MR) is 80.8 cm³/mol. The summed E-state index contributed by atoms with van der Waals surface area (Å²) in [6.45, 7) is 1.06. The lowest BCUT2D eigenvalue weighted by atomic mass is 9.90. The molecule has 2 rings (SSSR count). The van der Waals surface area contributed by atoms with Crippen LogP contribution in [0, 0.1) is 5.92 Å². The molecule has 0 amide bonds. The van der Waals surface area contributed by atoms with E-state index >= 15 is 0 Å². The first-order chi connectivity index (χ1) is 8.80. The van der Waals surface area contributed by atoms with E-state index in [0.717, 1.165) is 24.0 Å². The topological polar surface area (TPSA) is 30.5 Å². The monoisotopic (exact) mass is 285 g/mol. The zero-order valence-corrected chi connectivity index (χ0v) is 12.8. The molecule has 1 aliphatic rings. The molecular formula is C15H24ClNO2. The molecule has 0 saturated heterocycles. The highest BCUT2D eigenvalue weighted by molar-refractivity contribution is 5.85. The Morgan fingerprint density at radius 1 is 1.21 bits per heavy atom. The van der Waals surface area contributed by atoms with Crippen LogP contribution in [0.2, 0.25) is 0 Å². The quantitative estimate of drug-likeness (QED) is 0.834. The summed E-state index contributed by atoms with van der Waals surface area (Å²) in [7, 11) is 5.39. The third-order valence-corrected chi connectivity index (χ3v) is 3.73. The van der Waals surface area contributed by atoms with Crippen LogP contribution in [0.1, 0.15) is 30.7 Å². The maximum atomic E-state index is 5.39. The molecule has 0 aliphatic heterocycles. The minimum atomic E-state index is 0. The Bertz CT molecular complexity index is 394. The normalized spacial score (nSPS) is 15.5. The molecule has 1 N–H and O–H groups in total. The number of hydrogen-bond acceptors (Lipinski definition) is 3. The van der Waals surface area contributed by atoms with E-state index in [-0.39, 0.29) is 12.4 Å². The smallest absolute Gasteiger partial charge is 0.160 e. The fourth-order valence-corrected chi connectivity index (χ4v) is 2.56. The largest absolute Gasteiger partial charge is 0.493 e. The van der Waals surface area contributed by atoms with Gasteiger partial charge in [0.15, 0.2) is 11.5 Å². The van der Waals surface area contributed by atoms with E-state index in [9.17, 15) is 0 Å². The summed E-state index contributed by atoms with van der Waals surface area (Å²) in [5.41, 5.74) is 1.38. The van der Waals surface area contributed by atoms with E-state index in [2.05, 4.69) is 17.4 Å². The molecule has 0 spiro atoms. The first-order valence-corrected chi connectivity index (χ1v) is 6.66. The number of halogens is 1. The first-order valence-electron chi connectivity index (χ1n) is 6.66. The molecule has 1 unspecified atom stereocenters. The lowest BCUT2D eigenvalue weighted by Gasteiger charge is -2.18.